The van der Waals surface area contributed by atoms with Crippen LogP contribution in [0.3, 0.4) is 0 Å². The number of imidazole rings is 1. The highest BCUT2D eigenvalue weighted by Gasteiger charge is 2.36. The molecule has 0 radical (unpaired) electrons. The quantitative estimate of drug-likeness (QED) is 0.396. The maximum Gasteiger partial charge on any atom is 0.416 e. The second-order valence-corrected chi connectivity index (χ2v) is 12.2. The molecule has 2 N–H and O–H groups in total. The van der Waals surface area contributed by atoms with Gasteiger partial charge in [0.25, 0.3) is 0 Å². The molecule has 2 aromatic carbocycles. The fourth-order valence-electron chi connectivity index (χ4n) is 5.63. The van der Waals surface area contributed by atoms with Gasteiger partial charge in [0.05, 0.1) is 29.0 Å². The smallest absolute Gasteiger partial charge is 0.416 e. The lowest BCUT2D eigenvalue weighted by Crippen LogP contribution is -2.43. The Kier molecular flexibility index (Phi) is 7.41. The molecule has 204 valence electrons. The number of nitrogens with one attached hydrogen (secondary N) is 1. The number of halogens is 3. The topological polar surface area (TPSA) is 89.5 Å². The number of phenolic OH excluding ortho intramolecular Hbond substituents is 1. The number of anilines is 1. The van der Waals surface area contributed by atoms with Crippen LogP contribution in [0.25, 0.3) is 0 Å². The number of alkyl halides is 3. The number of hydrogen-bond donors (Lipinski definition) is 2. The summed E-state index contributed by atoms with van der Waals surface area (Å²) >= 11 is 0. The number of phenols is 1. The maximum absolute atomic E-state index is 13.8. The van der Waals surface area contributed by atoms with Crippen LogP contribution in [0.2, 0.25) is 0 Å². The predicted molar refractivity (Wildman–Crippen MR) is 137 cm³/mol. The molecule has 1 saturated carbocycles. The van der Waals surface area contributed by atoms with Crippen LogP contribution in [0.5, 0.6) is 5.75 Å². The summed E-state index contributed by atoms with van der Waals surface area (Å²) in [6.07, 6.45) is 5.19. The number of sulfonamides is 1. The van der Waals surface area contributed by atoms with Crippen LogP contribution in [0, 0.1) is 5.92 Å². The molecule has 2 aliphatic rings. The molecule has 1 unspecified atom stereocenters. The van der Waals surface area contributed by atoms with Crippen LogP contribution in [-0.2, 0) is 29.3 Å². The monoisotopic (exact) mass is 548 g/mol. The van der Waals surface area contributed by atoms with Gasteiger partial charge in [-0.15, -0.1) is 0 Å². The lowest BCUT2D eigenvalue weighted by Gasteiger charge is -2.34. The van der Waals surface area contributed by atoms with E-state index in [-0.39, 0.29) is 29.8 Å². The Hall–Kier alpha value is -3.05. The van der Waals surface area contributed by atoms with Crippen LogP contribution in [0.4, 0.5) is 18.9 Å². The van der Waals surface area contributed by atoms with Crippen molar-refractivity contribution in [2.45, 2.75) is 68.7 Å². The highest BCUT2D eigenvalue weighted by Crippen LogP contribution is 2.38. The largest absolute Gasteiger partial charge is 0.508 e. The van der Waals surface area contributed by atoms with Gasteiger partial charge in [-0.05, 0) is 54.7 Å². The van der Waals surface area contributed by atoms with Gasteiger partial charge >= 0.3 is 6.18 Å². The lowest BCUT2D eigenvalue weighted by molar-refractivity contribution is -0.137. The van der Waals surface area contributed by atoms with Crippen molar-refractivity contribution >= 4 is 15.7 Å². The zero-order chi connectivity index (χ0) is 26.9. The Morgan fingerprint density at radius 3 is 2.45 bits per heavy atom. The van der Waals surface area contributed by atoms with Gasteiger partial charge in [-0.2, -0.15) is 17.5 Å². The van der Waals surface area contributed by atoms with Gasteiger partial charge < -0.3 is 15.0 Å². The van der Waals surface area contributed by atoms with Crippen molar-refractivity contribution in [2.75, 3.05) is 11.4 Å². The highest BCUT2D eigenvalue weighted by atomic mass is 32.2. The molecule has 2 heterocycles. The van der Waals surface area contributed by atoms with Crippen LogP contribution in [0.1, 0.15) is 55.3 Å². The third-order valence-electron chi connectivity index (χ3n) is 7.68. The summed E-state index contributed by atoms with van der Waals surface area (Å²) in [6.45, 7) is 0.651. The van der Waals surface area contributed by atoms with Gasteiger partial charge in [-0.3, -0.25) is 0 Å². The third-order valence-corrected chi connectivity index (χ3v) is 9.50. The standard InChI is InChI=1S/C27H31F3N4O3S/c28-27(29,30)21-7-11-25(12-8-21)38(36,37)33-15-20-6-10-24(35)13-26(20)34(16-22-14-31-18-32-22)23(17-33)9-5-19-3-1-2-4-19/h6-8,10-14,18-19,23,35H,1-5,9,15-17H2,(H,31,32). The minimum absolute atomic E-state index is 0.0401. The van der Waals surface area contributed by atoms with Gasteiger partial charge in [0, 0.05) is 37.1 Å². The predicted octanol–water partition coefficient (Wildman–Crippen LogP) is 5.68. The van der Waals surface area contributed by atoms with E-state index in [2.05, 4.69) is 14.9 Å². The molecular formula is C27H31F3N4O3S. The molecule has 1 atom stereocenters. The molecular weight excluding hydrogens is 517 g/mol. The zero-order valence-corrected chi connectivity index (χ0v) is 21.7. The van der Waals surface area contributed by atoms with Crippen molar-refractivity contribution < 1.29 is 26.7 Å². The Morgan fingerprint density at radius 2 is 1.79 bits per heavy atom. The number of nitrogens with zero attached hydrogens (tertiary/aromatic N) is 3. The Bertz CT molecular complexity index is 1340. The molecule has 1 aliphatic carbocycles. The van der Waals surface area contributed by atoms with E-state index >= 15 is 0 Å². The first-order valence-electron chi connectivity index (χ1n) is 12.8. The van der Waals surface area contributed by atoms with Gasteiger partial charge in [-0.25, -0.2) is 13.4 Å². The van der Waals surface area contributed by atoms with E-state index in [0.717, 1.165) is 61.3 Å². The van der Waals surface area contributed by atoms with E-state index in [4.69, 9.17) is 0 Å². The molecule has 3 aromatic rings. The molecule has 1 fully saturated rings. The number of aromatic hydroxyl groups is 1. The minimum atomic E-state index is -4.55. The molecule has 0 bridgehead atoms. The first-order chi connectivity index (χ1) is 18.1. The van der Waals surface area contributed by atoms with Crippen molar-refractivity contribution in [2.24, 2.45) is 5.92 Å². The molecule has 7 nitrogen and oxygen atoms in total. The van der Waals surface area contributed by atoms with Crippen LogP contribution in [0.15, 0.2) is 59.9 Å². The number of fused-ring (bicyclic) bond motifs is 1. The number of aromatic nitrogens is 2. The van der Waals surface area contributed by atoms with E-state index in [0.29, 0.717) is 18.0 Å². The summed E-state index contributed by atoms with van der Waals surface area (Å²) < 4.78 is 68.2. The van der Waals surface area contributed by atoms with Gasteiger partial charge in [0.1, 0.15) is 5.75 Å². The zero-order valence-electron chi connectivity index (χ0n) is 20.9. The SMILES string of the molecule is O=S(=O)(c1ccc(C(F)(F)F)cc1)N1Cc2ccc(O)cc2N(Cc2cnc[nH]2)C(CCC2CCCC2)C1. The molecule has 1 aliphatic heterocycles. The first kappa shape index (κ1) is 26.6. The maximum atomic E-state index is 13.8. The molecule has 5 rings (SSSR count). The van der Waals surface area contributed by atoms with Crippen molar-refractivity contribution in [3.05, 3.63) is 71.8 Å². The molecule has 1 aromatic heterocycles. The summed E-state index contributed by atoms with van der Waals surface area (Å²) in [4.78, 5) is 9.18. The highest BCUT2D eigenvalue weighted by molar-refractivity contribution is 7.89. The van der Waals surface area contributed by atoms with E-state index in [1.807, 2.05) is 0 Å². The third kappa shape index (κ3) is 5.68. The van der Waals surface area contributed by atoms with Crippen molar-refractivity contribution in [3.63, 3.8) is 0 Å². The second-order valence-electron chi connectivity index (χ2n) is 10.2. The molecule has 38 heavy (non-hydrogen) atoms. The summed E-state index contributed by atoms with van der Waals surface area (Å²) in [6, 6.07) is 8.33. The van der Waals surface area contributed by atoms with Gasteiger partial charge in [-0.1, -0.05) is 31.7 Å². The van der Waals surface area contributed by atoms with Crippen LogP contribution >= 0.6 is 0 Å². The van der Waals surface area contributed by atoms with E-state index in [1.165, 1.54) is 23.2 Å². The fourth-order valence-corrected chi connectivity index (χ4v) is 7.08. The lowest BCUT2D eigenvalue weighted by atomic mass is 9.97. The molecule has 0 amide bonds. The number of hydrogen-bond acceptors (Lipinski definition) is 5. The van der Waals surface area contributed by atoms with Gasteiger partial charge in [0.2, 0.25) is 10.0 Å². The number of H-pyrrole nitrogens is 1. The summed E-state index contributed by atoms with van der Waals surface area (Å²) in [5.41, 5.74) is 1.40. The summed E-state index contributed by atoms with van der Waals surface area (Å²) in [7, 11) is -4.10. The molecule has 0 spiro atoms. The van der Waals surface area contributed by atoms with Crippen molar-refractivity contribution in [1.29, 1.82) is 0 Å². The van der Waals surface area contributed by atoms with Crippen molar-refractivity contribution in [1.82, 2.24) is 14.3 Å². The number of rotatable bonds is 7. The Morgan fingerprint density at radius 1 is 1.05 bits per heavy atom. The van der Waals surface area contributed by atoms with E-state index < -0.39 is 21.8 Å². The second kappa shape index (κ2) is 10.6. The first-order valence-corrected chi connectivity index (χ1v) is 14.3. The average Bonchev–Trinajstić information content (AvgIpc) is 3.57. The summed E-state index contributed by atoms with van der Waals surface area (Å²) in [5.74, 6) is 0.669. The minimum Gasteiger partial charge on any atom is -0.508 e. The summed E-state index contributed by atoms with van der Waals surface area (Å²) in [5, 5.41) is 10.3. The average molecular weight is 549 g/mol. The van der Waals surface area contributed by atoms with Crippen LogP contribution < -0.4 is 4.90 Å². The fraction of sp³-hybridized carbons (Fsp3) is 0.444. The van der Waals surface area contributed by atoms with E-state index in [1.54, 1.807) is 24.7 Å². The number of benzene rings is 2. The van der Waals surface area contributed by atoms with Gasteiger partial charge in [0.15, 0.2) is 0 Å². The van der Waals surface area contributed by atoms with E-state index in [9.17, 15) is 26.7 Å². The number of aromatic amines is 1. The Balaban J connectivity index is 1.52. The van der Waals surface area contributed by atoms with Crippen molar-refractivity contribution in [3.8, 4) is 5.75 Å². The van der Waals surface area contributed by atoms with Crippen LogP contribution in [-0.4, -0.2) is 40.4 Å². The molecule has 0 saturated heterocycles. The normalized spacial score (nSPS) is 19.4. The molecule has 11 heteroatoms. The Labute approximate surface area is 220 Å².